The number of carboxylic acids is 1. The van der Waals surface area contributed by atoms with Gasteiger partial charge in [0, 0.05) is 11.3 Å². The molecule has 3 N–H and O–H groups in total. The summed E-state index contributed by atoms with van der Waals surface area (Å²) < 4.78 is 36.7. The zero-order valence-electron chi connectivity index (χ0n) is 14.5. The first-order valence-corrected chi connectivity index (χ1v) is 8.23. The maximum absolute atomic E-state index is 12.5. The number of rotatable bonds is 5. The standard InChI is InChI=1S/C18H19F3N2O4/c1-10-6-7-11(15(24)22-9-18(19,20)21)8-14(10)23-16(25)12-4-2-3-5-13(12)17(26)27/h2-3,6-8,12-13H,4-5,9H2,1H3,(H,22,24)(H,23,25)(H,26,27)/t12-,13+/m0/s1. The summed E-state index contributed by atoms with van der Waals surface area (Å²) in [5.74, 6) is -4.13. The van der Waals surface area contributed by atoms with Gasteiger partial charge in [0.1, 0.15) is 6.54 Å². The predicted octanol–water partition coefficient (Wildman–Crippen LogP) is 2.89. The van der Waals surface area contributed by atoms with E-state index >= 15 is 0 Å². The van der Waals surface area contributed by atoms with Crippen molar-refractivity contribution in [2.24, 2.45) is 11.8 Å². The van der Waals surface area contributed by atoms with Crippen molar-refractivity contribution in [3.05, 3.63) is 41.5 Å². The van der Waals surface area contributed by atoms with Crippen LogP contribution >= 0.6 is 0 Å². The van der Waals surface area contributed by atoms with Crippen LogP contribution in [0, 0.1) is 18.8 Å². The molecule has 2 amide bonds. The predicted molar refractivity (Wildman–Crippen MR) is 91.2 cm³/mol. The third-order valence-corrected chi connectivity index (χ3v) is 4.29. The number of amides is 2. The summed E-state index contributed by atoms with van der Waals surface area (Å²) in [4.78, 5) is 35.7. The quantitative estimate of drug-likeness (QED) is 0.681. The highest BCUT2D eigenvalue weighted by Crippen LogP contribution is 2.28. The molecule has 1 aliphatic carbocycles. The average Bonchev–Trinajstić information content (AvgIpc) is 2.60. The van der Waals surface area contributed by atoms with Gasteiger partial charge in [-0.05, 0) is 37.5 Å². The highest BCUT2D eigenvalue weighted by molar-refractivity contribution is 5.99. The van der Waals surface area contributed by atoms with Crippen LogP contribution in [0.15, 0.2) is 30.4 Å². The number of halogens is 3. The topological polar surface area (TPSA) is 95.5 Å². The number of hydrogen-bond donors (Lipinski definition) is 3. The van der Waals surface area contributed by atoms with E-state index in [1.807, 2.05) is 0 Å². The summed E-state index contributed by atoms with van der Waals surface area (Å²) in [5.41, 5.74) is 0.797. The second kappa shape index (κ2) is 8.24. The van der Waals surface area contributed by atoms with E-state index < -0.39 is 42.3 Å². The largest absolute Gasteiger partial charge is 0.481 e. The zero-order chi connectivity index (χ0) is 20.2. The summed E-state index contributed by atoms with van der Waals surface area (Å²) >= 11 is 0. The molecule has 0 aromatic heterocycles. The minimum Gasteiger partial charge on any atom is -0.481 e. The first-order chi connectivity index (χ1) is 12.6. The third-order valence-electron chi connectivity index (χ3n) is 4.29. The number of hydrogen-bond acceptors (Lipinski definition) is 3. The van der Waals surface area contributed by atoms with E-state index in [4.69, 9.17) is 0 Å². The molecule has 9 heteroatoms. The highest BCUT2D eigenvalue weighted by Gasteiger charge is 2.34. The maximum atomic E-state index is 12.5. The van der Waals surface area contributed by atoms with Gasteiger partial charge in [0.25, 0.3) is 5.91 Å². The van der Waals surface area contributed by atoms with Crippen molar-refractivity contribution < 1.29 is 32.7 Å². The van der Waals surface area contributed by atoms with Crippen molar-refractivity contribution in [3.8, 4) is 0 Å². The molecule has 1 aromatic carbocycles. The molecule has 0 radical (unpaired) electrons. The minimum atomic E-state index is -4.53. The average molecular weight is 384 g/mol. The molecule has 0 unspecified atom stereocenters. The number of carbonyl (C=O) groups excluding carboxylic acids is 2. The van der Waals surface area contributed by atoms with Crippen molar-refractivity contribution >= 4 is 23.5 Å². The lowest BCUT2D eigenvalue weighted by atomic mass is 9.82. The van der Waals surface area contributed by atoms with Gasteiger partial charge < -0.3 is 15.7 Å². The summed E-state index contributed by atoms with van der Waals surface area (Å²) in [6.45, 7) is 0.193. The number of aryl methyl sites for hydroxylation is 1. The van der Waals surface area contributed by atoms with Crippen molar-refractivity contribution in [2.45, 2.75) is 25.9 Å². The van der Waals surface area contributed by atoms with Crippen LogP contribution < -0.4 is 10.6 Å². The number of aliphatic carboxylic acids is 1. The van der Waals surface area contributed by atoms with Crippen LogP contribution in [0.2, 0.25) is 0 Å². The van der Waals surface area contributed by atoms with Gasteiger partial charge in [0.05, 0.1) is 11.8 Å². The van der Waals surface area contributed by atoms with Crippen molar-refractivity contribution in [3.63, 3.8) is 0 Å². The second-order valence-electron chi connectivity index (χ2n) is 6.31. The van der Waals surface area contributed by atoms with Gasteiger partial charge in [-0.15, -0.1) is 0 Å². The van der Waals surface area contributed by atoms with E-state index in [-0.39, 0.29) is 24.1 Å². The molecular formula is C18H19F3N2O4. The van der Waals surface area contributed by atoms with Gasteiger partial charge in [-0.2, -0.15) is 13.2 Å². The van der Waals surface area contributed by atoms with Crippen LogP contribution in [0.4, 0.5) is 18.9 Å². The summed E-state index contributed by atoms with van der Waals surface area (Å²) in [5, 5.41) is 13.6. The van der Waals surface area contributed by atoms with Gasteiger partial charge in [0.2, 0.25) is 5.91 Å². The summed E-state index contributed by atoms with van der Waals surface area (Å²) in [7, 11) is 0. The third kappa shape index (κ3) is 5.57. The van der Waals surface area contributed by atoms with Gasteiger partial charge in [0.15, 0.2) is 0 Å². The van der Waals surface area contributed by atoms with E-state index in [0.29, 0.717) is 5.56 Å². The molecule has 0 bridgehead atoms. The summed E-state index contributed by atoms with van der Waals surface area (Å²) in [6.07, 6.45) is -0.575. The minimum absolute atomic E-state index is 0.0431. The lowest BCUT2D eigenvalue weighted by molar-refractivity contribution is -0.146. The number of anilines is 1. The van der Waals surface area contributed by atoms with Gasteiger partial charge in [-0.3, -0.25) is 14.4 Å². The smallest absolute Gasteiger partial charge is 0.405 e. The fourth-order valence-electron chi connectivity index (χ4n) is 2.78. The fourth-order valence-corrected chi connectivity index (χ4v) is 2.78. The Balaban J connectivity index is 2.14. The van der Waals surface area contributed by atoms with Gasteiger partial charge in [-0.1, -0.05) is 18.2 Å². The molecule has 6 nitrogen and oxygen atoms in total. The van der Waals surface area contributed by atoms with Crippen LogP contribution in [-0.2, 0) is 9.59 Å². The maximum Gasteiger partial charge on any atom is 0.405 e. The SMILES string of the molecule is Cc1ccc(C(=O)NCC(F)(F)F)cc1NC(=O)[C@H]1CC=CC[C@H]1C(=O)O. The number of allylic oxidation sites excluding steroid dienone is 2. The Hall–Kier alpha value is -2.84. The number of alkyl halides is 3. The van der Waals surface area contributed by atoms with Crippen molar-refractivity contribution in [1.29, 1.82) is 0 Å². The molecule has 0 aliphatic heterocycles. The van der Waals surface area contributed by atoms with Gasteiger partial charge >= 0.3 is 12.1 Å². The molecule has 0 fully saturated rings. The number of nitrogens with one attached hydrogen (secondary N) is 2. The van der Waals surface area contributed by atoms with Crippen LogP contribution in [-0.4, -0.2) is 35.6 Å². The van der Waals surface area contributed by atoms with E-state index in [9.17, 15) is 32.7 Å². The number of carboxylic acid groups (broad SMARTS) is 1. The number of carbonyl (C=O) groups is 3. The molecule has 0 heterocycles. The summed E-state index contributed by atoms with van der Waals surface area (Å²) in [6, 6.07) is 4.11. The second-order valence-corrected chi connectivity index (χ2v) is 6.31. The molecule has 1 aromatic rings. The van der Waals surface area contributed by atoms with E-state index in [0.717, 1.165) is 0 Å². The first kappa shape index (κ1) is 20.5. The van der Waals surface area contributed by atoms with E-state index in [1.54, 1.807) is 24.4 Å². The Kier molecular flexibility index (Phi) is 6.24. The molecule has 2 rings (SSSR count). The molecule has 1 aliphatic rings. The molecule has 2 atom stereocenters. The Labute approximate surface area is 153 Å². The van der Waals surface area contributed by atoms with Crippen molar-refractivity contribution in [2.75, 3.05) is 11.9 Å². The van der Waals surface area contributed by atoms with Crippen LogP contribution in [0.3, 0.4) is 0 Å². The van der Waals surface area contributed by atoms with Crippen molar-refractivity contribution in [1.82, 2.24) is 5.32 Å². The Morgan fingerprint density at radius 2 is 1.78 bits per heavy atom. The van der Waals surface area contributed by atoms with Crippen LogP contribution in [0.5, 0.6) is 0 Å². The lowest BCUT2D eigenvalue weighted by Crippen LogP contribution is -2.35. The zero-order valence-corrected chi connectivity index (χ0v) is 14.5. The Bertz CT molecular complexity index is 774. The van der Waals surface area contributed by atoms with E-state index in [2.05, 4.69) is 5.32 Å². The molecule has 27 heavy (non-hydrogen) atoms. The highest BCUT2D eigenvalue weighted by atomic mass is 19.4. The number of benzene rings is 1. The fraction of sp³-hybridized carbons (Fsp3) is 0.389. The Morgan fingerprint density at radius 3 is 2.37 bits per heavy atom. The molecule has 0 saturated heterocycles. The lowest BCUT2D eigenvalue weighted by Gasteiger charge is -2.24. The monoisotopic (exact) mass is 384 g/mol. The van der Waals surface area contributed by atoms with Crippen LogP contribution in [0.1, 0.15) is 28.8 Å². The van der Waals surface area contributed by atoms with E-state index in [1.165, 1.54) is 18.2 Å². The molecular weight excluding hydrogens is 365 g/mol. The Morgan fingerprint density at radius 1 is 1.15 bits per heavy atom. The van der Waals surface area contributed by atoms with Crippen LogP contribution in [0.25, 0.3) is 0 Å². The normalized spacial score (nSPS) is 19.4. The first-order valence-electron chi connectivity index (χ1n) is 8.23. The molecule has 0 saturated carbocycles. The van der Waals surface area contributed by atoms with Gasteiger partial charge in [-0.25, -0.2) is 0 Å². The molecule has 146 valence electrons. The molecule has 0 spiro atoms.